The minimum atomic E-state index is -0.0317. The highest BCUT2D eigenvalue weighted by atomic mass is 16.5. The summed E-state index contributed by atoms with van der Waals surface area (Å²) in [6.07, 6.45) is 5.82. The number of aryl methyl sites for hydroxylation is 1. The highest BCUT2D eigenvalue weighted by molar-refractivity contribution is 5.93. The number of amides is 1. The molecule has 0 unspecified atom stereocenters. The first kappa shape index (κ1) is 15.5. The number of carbonyl (C=O) groups excluding carboxylic acids is 1. The van der Waals surface area contributed by atoms with Crippen molar-refractivity contribution in [2.75, 3.05) is 32.7 Å². The number of rotatable bonds is 4. The van der Waals surface area contributed by atoms with Crippen molar-refractivity contribution < 1.29 is 9.32 Å². The Morgan fingerprint density at radius 3 is 2.61 bits per heavy atom. The summed E-state index contributed by atoms with van der Waals surface area (Å²) in [5.74, 6) is -0.0317. The van der Waals surface area contributed by atoms with Crippen molar-refractivity contribution >= 4 is 12.0 Å². The highest BCUT2D eigenvalue weighted by Gasteiger charge is 2.24. The first-order chi connectivity index (χ1) is 11.2. The molecule has 1 aromatic carbocycles. The van der Waals surface area contributed by atoms with E-state index in [1.165, 1.54) is 11.8 Å². The average molecular weight is 311 g/mol. The van der Waals surface area contributed by atoms with Crippen molar-refractivity contribution in [1.29, 1.82) is 0 Å². The molecule has 2 aromatic rings. The standard InChI is InChI=1S/C18H21N3O2/c1-15-14-23-19-17(15)18(22)21-12-10-20(11-13-21)9-5-8-16-6-3-2-4-7-16/h2-8,14H,9-13H2,1H3/b8-5+. The summed E-state index contributed by atoms with van der Waals surface area (Å²) in [7, 11) is 0. The van der Waals surface area contributed by atoms with Crippen LogP contribution in [0.5, 0.6) is 0 Å². The second-order valence-electron chi connectivity index (χ2n) is 5.75. The van der Waals surface area contributed by atoms with Crippen molar-refractivity contribution in [1.82, 2.24) is 15.0 Å². The van der Waals surface area contributed by atoms with Gasteiger partial charge in [0.1, 0.15) is 6.26 Å². The third-order valence-electron chi connectivity index (χ3n) is 4.08. The van der Waals surface area contributed by atoms with Gasteiger partial charge < -0.3 is 9.42 Å². The first-order valence-corrected chi connectivity index (χ1v) is 7.88. The van der Waals surface area contributed by atoms with Gasteiger partial charge in [0.05, 0.1) is 0 Å². The van der Waals surface area contributed by atoms with E-state index in [0.717, 1.165) is 38.3 Å². The van der Waals surface area contributed by atoms with Gasteiger partial charge in [0.2, 0.25) is 0 Å². The second kappa shape index (κ2) is 7.24. The van der Waals surface area contributed by atoms with Crippen LogP contribution in [0.4, 0.5) is 0 Å². The number of aromatic nitrogens is 1. The largest absolute Gasteiger partial charge is 0.364 e. The zero-order valence-electron chi connectivity index (χ0n) is 13.3. The van der Waals surface area contributed by atoms with Crippen LogP contribution >= 0.6 is 0 Å². The molecular formula is C18H21N3O2. The van der Waals surface area contributed by atoms with E-state index >= 15 is 0 Å². The van der Waals surface area contributed by atoms with Crippen LogP contribution in [0.25, 0.3) is 6.08 Å². The number of nitrogens with zero attached hydrogens (tertiary/aromatic N) is 3. The third-order valence-corrected chi connectivity index (χ3v) is 4.08. The van der Waals surface area contributed by atoms with Crippen LogP contribution in [0.15, 0.2) is 47.2 Å². The smallest absolute Gasteiger partial charge is 0.276 e. The summed E-state index contributed by atoms with van der Waals surface area (Å²) >= 11 is 0. The van der Waals surface area contributed by atoms with Gasteiger partial charge in [-0.15, -0.1) is 0 Å². The molecule has 23 heavy (non-hydrogen) atoms. The monoisotopic (exact) mass is 311 g/mol. The summed E-state index contributed by atoms with van der Waals surface area (Å²) in [4.78, 5) is 16.6. The van der Waals surface area contributed by atoms with Crippen LogP contribution in [0, 0.1) is 6.92 Å². The predicted molar refractivity (Wildman–Crippen MR) is 89.1 cm³/mol. The van der Waals surface area contributed by atoms with Crippen LogP contribution in [-0.2, 0) is 0 Å². The molecule has 3 rings (SSSR count). The van der Waals surface area contributed by atoms with E-state index in [9.17, 15) is 4.79 Å². The molecule has 5 heteroatoms. The van der Waals surface area contributed by atoms with E-state index in [2.05, 4.69) is 34.3 Å². The lowest BCUT2D eigenvalue weighted by atomic mass is 10.2. The molecule has 0 bridgehead atoms. The molecule has 120 valence electrons. The first-order valence-electron chi connectivity index (χ1n) is 7.88. The number of carbonyl (C=O) groups is 1. The molecule has 5 nitrogen and oxygen atoms in total. The maximum Gasteiger partial charge on any atom is 0.276 e. The third kappa shape index (κ3) is 3.87. The Kier molecular flexibility index (Phi) is 4.88. The van der Waals surface area contributed by atoms with Crippen LogP contribution in [0.2, 0.25) is 0 Å². The summed E-state index contributed by atoms with van der Waals surface area (Å²) in [5.41, 5.74) is 2.44. The molecule has 1 aliphatic heterocycles. The van der Waals surface area contributed by atoms with Crippen molar-refractivity contribution in [3.63, 3.8) is 0 Å². The predicted octanol–water partition coefficient (Wildman–Crippen LogP) is 2.45. The number of benzene rings is 1. The Morgan fingerprint density at radius 1 is 1.22 bits per heavy atom. The summed E-state index contributed by atoms with van der Waals surface area (Å²) in [6.45, 7) is 5.95. The molecule has 1 aliphatic rings. The van der Waals surface area contributed by atoms with E-state index in [1.54, 1.807) is 0 Å². The molecule has 0 saturated carbocycles. The summed E-state index contributed by atoms with van der Waals surface area (Å²) in [6, 6.07) is 10.3. The quantitative estimate of drug-likeness (QED) is 0.870. The van der Waals surface area contributed by atoms with Gasteiger partial charge in [0.25, 0.3) is 5.91 Å². The Labute approximate surface area is 136 Å². The lowest BCUT2D eigenvalue weighted by Gasteiger charge is -2.33. The molecule has 0 N–H and O–H groups in total. The second-order valence-corrected chi connectivity index (χ2v) is 5.75. The van der Waals surface area contributed by atoms with Crippen LogP contribution < -0.4 is 0 Å². The van der Waals surface area contributed by atoms with Gasteiger partial charge >= 0.3 is 0 Å². The highest BCUT2D eigenvalue weighted by Crippen LogP contribution is 2.11. The normalized spacial score (nSPS) is 16.1. The number of hydrogen-bond acceptors (Lipinski definition) is 4. The van der Waals surface area contributed by atoms with Gasteiger partial charge in [-0.1, -0.05) is 47.6 Å². The molecule has 2 heterocycles. The zero-order chi connectivity index (χ0) is 16.1. The Hall–Kier alpha value is -2.40. The lowest BCUT2D eigenvalue weighted by molar-refractivity contribution is 0.0639. The maximum atomic E-state index is 12.4. The number of piperazine rings is 1. The molecule has 0 radical (unpaired) electrons. The van der Waals surface area contributed by atoms with Crippen molar-refractivity contribution in [3.8, 4) is 0 Å². The van der Waals surface area contributed by atoms with Crippen molar-refractivity contribution in [2.24, 2.45) is 0 Å². The fourth-order valence-electron chi connectivity index (χ4n) is 2.68. The van der Waals surface area contributed by atoms with Gasteiger partial charge in [-0.2, -0.15) is 0 Å². The zero-order valence-corrected chi connectivity index (χ0v) is 13.3. The molecule has 0 aliphatic carbocycles. The van der Waals surface area contributed by atoms with Gasteiger partial charge in [-0.05, 0) is 12.5 Å². The Morgan fingerprint density at radius 2 is 1.96 bits per heavy atom. The van der Waals surface area contributed by atoms with Crippen molar-refractivity contribution in [3.05, 3.63) is 59.5 Å². The molecule has 1 saturated heterocycles. The van der Waals surface area contributed by atoms with Gasteiger partial charge in [0, 0.05) is 38.3 Å². The van der Waals surface area contributed by atoms with Gasteiger partial charge in [-0.3, -0.25) is 9.69 Å². The lowest BCUT2D eigenvalue weighted by Crippen LogP contribution is -2.48. The average Bonchev–Trinajstić information content (AvgIpc) is 3.02. The van der Waals surface area contributed by atoms with Crippen LogP contribution in [0.1, 0.15) is 21.6 Å². The number of hydrogen-bond donors (Lipinski definition) is 0. The van der Waals surface area contributed by atoms with E-state index in [1.807, 2.05) is 30.0 Å². The Bertz CT molecular complexity index is 671. The topological polar surface area (TPSA) is 49.6 Å². The Balaban J connectivity index is 1.48. The van der Waals surface area contributed by atoms with E-state index in [0.29, 0.717) is 5.69 Å². The molecule has 1 aromatic heterocycles. The van der Waals surface area contributed by atoms with Crippen LogP contribution in [-0.4, -0.2) is 53.6 Å². The van der Waals surface area contributed by atoms with Gasteiger partial charge in [-0.25, -0.2) is 0 Å². The maximum absolute atomic E-state index is 12.4. The molecular weight excluding hydrogens is 290 g/mol. The minimum Gasteiger partial charge on any atom is -0.364 e. The SMILES string of the molecule is Cc1conc1C(=O)N1CCN(C/C=C/c2ccccc2)CC1. The molecule has 1 fully saturated rings. The van der Waals surface area contributed by atoms with Crippen LogP contribution in [0.3, 0.4) is 0 Å². The molecule has 0 spiro atoms. The van der Waals surface area contributed by atoms with E-state index in [4.69, 9.17) is 4.52 Å². The van der Waals surface area contributed by atoms with Crippen molar-refractivity contribution in [2.45, 2.75) is 6.92 Å². The molecule has 1 amide bonds. The van der Waals surface area contributed by atoms with E-state index < -0.39 is 0 Å². The summed E-state index contributed by atoms with van der Waals surface area (Å²) in [5, 5.41) is 3.80. The minimum absolute atomic E-state index is 0.0317. The fraction of sp³-hybridized carbons (Fsp3) is 0.333. The van der Waals surface area contributed by atoms with E-state index in [-0.39, 0.29) is 5.91 Å². The fourth-order valence-corrected chi connectivity index (χ4v) is 2.68. The summed E-state index contributed by atoms with van der Waals surface area (Å²) < 4.78 is 4.86. The van der Waals surface area contributed by atoms with Gasteiger partial charge in [0.15, 0.2) is 5.69 Å². The molecule has 0 atom stereocenters.